The molecule has 2 bridgehead atoms. The Labute approximate surface area is 252 Å². The van der Waals surface area contributed by atoms with Crippen LogP contribution in [-0.4, -0.2) is 77.5 Å². The molecule has 1 aromatic carbocycles. The molecule has 0 unspecified atom stereocenters. The largest absolute Gasteiger partial charge is 0.359 e. The first-order chi connectivity index (χ1) is 19.7. The molecule has 2 N–H and O–H groups in total. The molecule has 10 heteroatoms. The van der Waals surface area contributed by atoms with Gasteiger partial charge in [0.05, 0.1) is 17.9 Å². The van der Waals surface area contributed by atoms with Gasteiger partial charge in [0.15, 0.2) is 0 Å². The van der Waals surface area contributed by atoms with Crippen LogP contribution in [0.25, 0.3) is 0 Å². The quantitative estimate of drug-likeness (QED) is 0.423. The maximum Gasteiger partial charge on any atom is 0.246 e. The number of hydrogen-bond donors (Lipinski definition) is 2. The van der Waals surface area contributed by atoms with Crippen molar-refractivity contribution in [2.75, 3.05) is 31.5 Å². The number of anilines is 1. The van der Waals surface area contributed by atoms with Gasteiger partial charge < -0.3 is 25.2 Å². The van der Waals surface area contributed by atoms with Crippen LogP contribution in [0.15, 0.2) is 30.4 Å². The Morgan fingerprint density at radius 1 is 1.00 bits per heavy atom. The molecule has 4 aliphatic heterocycles. The molecule has 4 heterocycles. The summed E-state index contributed by atoms with van der Waals surface area (Å²) in [6, 6.07) is 4.14. The number of nitrogens with zero attached hydrogens (tertiary/aromatic N) is 2. The lowest BCUT2D eigenvalue weighted by Gasteiger charge is -2.35. The molecular formula is C31H40Cl2N4O4. The molecule has 5 aliphatic rings. The van der Waals surface area contributed by atoms with E-state index in [0.29, 0.717) is 22.3 Å². The van der Waals surface area contributed by atoms with Crippen LogP contribution in [-0.2, 0) is 19.1 Å². The Balaban J connectivity index is 1.23. The van der Waals surface area contributed by atoms with E-state index in [0.717, 1.165) is 57.7 Å². The van der Waals surface area contributed by atoms with E-state index in [1.807, 2.05) is 12.2 Å². The second kappa shape index (κ2) is 11.9. The van der Waals surface area contributed by atoms with Crippen molar-refractivity contribution >= 4 is 46.6 Å². The fourth-order valence-corrected chi connectivity index (χ4v) is 8.16. The number of nitrogens with one attached hydrogen (secondary N) is 2. The van der Waals surface area contributed by atoms with Crippen LogP contribution in [0.5, 0.6) is 0 Å². The predicted octanol–water partition coefficient (Wildman–Crippen LogP) is 4.65. The SMILES string of the molecule is CC1CCN(CCCN2C(=O)[C@@H]3[C@H](C(=O)Nc4cc(Cl)cc(Cl)c4)[C@@H]4C=C[C@@]3(O4)[C@@H]2C(=O)NC2CCCCC2)CC1. The molecule has 6 rings (SSSR count). The van der Waals surface area contributed by atoms with Gasteiger partial charge in [0.25, 0.3) is 0 Å². The van der Waals surface area contributed by atoms with Gasteiger partial charge >= 0.3 is 0 Å². The molecule has 0 radical (unpaired) electrons. The number of fused-ring (bicyclic) bond motifs is 1. The Morgan fingerprint density at radius 2 is 1.71 bits per heavy atom. The lowest BCUT2D eigenvalue weighted by Crippen LogP contribution is -2.56. The summed E-state index contributed by atoms with van der Waals surface area (Å²) in [7, 11) is 0. The standard InChI is InChI=1S/C31H40Cl2N4O4/c1-19-9-14-36(15-10-19)12-5-13-37-27(29(39)34-22-6-3-2-4-7-22)31-11-8-24(41-31)25(26(31)30(37)40)28(38)35-23-17-20(32)16-21(33)18-23/h8,11,16-19,22,24-27H,2-7,9-10,12-15H2,1H3,(H,34,39)(H,35,38)/t24-,25+,26-,27-,31-/m0/s1. The number of benzene rings is 1. The summed E-state index contributed by atoms with van der Waals surface area (Å²) in [4.78, 5) is 46.0. The highest BCUT2D eigenvalue weighted by Crippen LogP contribution is 2.55. The first-order valence-electron chi connectivity index (χ1n) is 15.2. The molecule has 0 aromatic heterocycles. The van der Waals surface area contributed by atoms with Crippen molar-refractivity contribution < 1.29 is 19.1 Å². The van der Waals surface area contributed by atoms with Crippen molar-refractivity contribution in [3.05, 3.63) is 40.4 Å². The summed E-state index contributed by atoms with van der Waals surface area (Å²) >= 11 is 12.3. The normalized spacial score (nSPS) is 32.0. The second-order valence-corrected chi connectivity index (χ2v) is 13.5. The summed E-state index contributed by atoms with van der Waals surface area (Å²) in [5.74, 6) is -1.48. The zero-order valence-electron chi connectivity index (χ0n) is 23.6. The number of carbonyl (C=O) groups excluding carboxylic acids is 3. The van der Waals surface area contributed by atoms with Gasteiger partial charge in [0, 0.05) is 28.3 Å². The second-order valence-electron chi connectivity index (χ2n) is 12.6. The van der Waals surface area contributed by atoms with E-state index in [1.54, 1.807) is 23.1 Å². The smallest absolute Gasteiger partial charge is 0.246 e. The number of carbonyl (C=O) groups is 3. The van der Waals surface area contributed by atoms with E-state index >= 15 is 0 Å². The first-order valence-corrected chi connectivity index (χ1v) is 16.0. The summed E-state index contributed by atoms with van der Waals surface area (Å²) in [6.45, 7) is 5.76. The number of rotatable bonds is 8. The van der Waals surface area contributed by atoms with Gasteiger partial charge in [0.1, 0.15) is 11.6 Å². The lowest BCUT2D eigenvalue weighted by atomic mass is 9.74. The topological polar surface area (TPSA) is 91.0 Å². The minimum absolute atomic E-state index is 0.105. The molecule has 5 atom stereocenters. The van der Waals surface area contributed by atoms with Crippen LogP contribution in [0.3, 0.4) is 0 Å². The predicted molar refractivity (Wildman–Crippen MR) is 159 cm³/mol. The van der Waals surface area contributed by atoms with Crippen molar-refractivity contribution in [1.82, 2.24) is 15.1 Å². The summed E-state index contributed by atoms with van der Waals surface area (Å²) < 4.78 is 6.48. The van der Waals surface area contributed by atoms with E-state index in [4.69, 9.17) is 27.9 Å². The Morgan fingerprint density at radius 3 is 2.41 bits per heavy atom. The molecule has 1 saturated carbocycles. The number of hydrogen-bond acceptors (Lipinski definition) is 5. The highest BCUT2D eigenvalue weighted by atomic mass is 35.5. The molecular weight excluding hydrogens is 563 g/mol. The number of likely N-dealkylation sites (tertiary alicyclic amines) is 2. The zero-order valence-corrected chi connectivity index (χ0v) is 25.1. The van der Waals surface area contributed by atoms with E-state index < -0.39 is 29.6 Å². The maximum atomic E-state index is 14.2. The fraction of sp³-hybridized carbons (Fsp3) is 0.645. The molecule has 3 saturated heterocycles. The maximum absolute atomic E-state index is 14.2. The first kappa shape index (κ1) is 29.0. The molecule has 222 valence electrons. The summed E-state index contributed by atoms with van der Waals surface area (Å²) in [5, 5.41) is 6.95. The van der Waals surface area contributed by atoms with Gasteiger partial charge in [0.2, 0.25) is 17.7 Å². The average molecular weight is 604 g/mol. The molecule has 1 aromatic rings. The molecule has 8 nitrogen and oxygen atoms in total. The van der Waals surface area contributed by atoms with E-state index in [9.17, 15) is 14.4 Å². The number of halogens is 2. The summed E-state index contributed by atoms with van der Waals surface area (Å²) in [5.41, 5.74) is -0.701. The van der Waals surface area contributed by atoms with Crippen LogP contribution < -0.4 is 10.6 Å². The third-order valence-electron chi connectivity index (χ3n) is 9.76. The molecule has 1 aliphatic carbocycles. The van der Waals surface area contributed by atoms with Crippen molar-refractivity contribution in [3.63, 3.8) is 0 Å². The van der Waals surface area contributed by atoms with Gasteiger partial charge in [-0.15, -0.1) is 0 Å². The van der Waals surface area contributed by atoms with Gasteiger partial charge in [-0.3, -0.25) is 14.4 Å². The molecule has 4 fully saturated rings. The monoisotopic (exact) mass is 602 g/mol. The van der Waals surface area contributed by atoms with Crippen molar-refractivity contribution in [3.8, 4) is 0 Å². The van der Waals surface area contributed by atoms with Crippen LogP contribution in [0.1, 0.15) is 58.3 Å². The van der Waals surface area contributed by atoms with Crippen molar-refractivity contribution in [2.24, 2.45) is 17.8 Å². The van der Waals surface area contributed by atoms with Crippen LogP contribution >= 0.6 is 23.2 Å². The minimum atomic E-state index is -1.16. The Bertz CT molecular complexity index is 1190. The molecule has 3 amide bonds. The number of ether oxygens (including phenoxy) is 1. The van der Waals surface area contributed by atoms with Gasteiger partial charge in [-0.1, -0.05) is 61.5 Å². The third kappa shape index (κ3) is 5.65. The van der Waals surface area contributed by atoms with E-state index in [2.05, 4.69) is 22.5 Å². The fourth-order valence-electron chi connectivity index (χ4n) is 7.64. The average Bonchev–Trinajstić information content (AvgIpc) is 3.57. The van der Waals surface area contributed by atoms with Crippen molar-refractivity contribution in [1.29, 1.82) is 0 Å². The highest BCUT2D eigenvalue weighted by Gasteiger charge is 2.72. The van der Waals surface area contributed by atoms with E-state index in [1.165, 1.54) is 19.3 Å². The Kier molecular flexibility index (Phi) is 8.38. The third-order valence-corrected chi connectivity index (χ3v) is 10.2. The van der Waals surface area contributed by atoms with Gasteiger partial charge in [-0.2, -0.15) is 0 Å². The van der Waals surface area contributed by atoms with Crippen LogP contribution in [0.2, 0.25) is 10.0 Å². The Hall–Kier alpha value is -2.13. The highest BCUT2D eigenvalue weighted by molar-refractivity contribution is 6.35. The van der Waals surface area contributed by atoms with Crippen LogP contribution in [0, 0.1) is 17.8 Å². The molecule has 41 heavy (non-hydrogen) atoms. The van der Waals surface area contributed by atoms with Crippen molar-refractivity contribution in [2.45, 2.75) is 82.1 Å². The summed E-state index contributed by atoms with van der Waals surface area (Å²) in [6.07, 6.45) is 11.5. The lowest BCUT2D eigenvalue weighted by molar-refractivity contribution is -0.141. The van der Waals surface area contributed by atoms with E-state index in [-0.39, 0.29) is 23.8 Å². The number of piperidine rings is 1. The van der Waals surface area contributed by atoms with Gasteiger partial charge in [-0.25, -0.2) is 0 Å². The van der Waals surface area contributed by atoms with Gasteiger partial charge in [-0.05, 0) is 75.9 Å². The van der Waals surface area contributed by atoms with Crippen LogP contribution in [0.4, 0.5) is 5.69 Å². The number of amides is 3. The zero-order chi connectivity index (χ0) is 28.7. The minimum Gasteiger partial charge on any atom is -0.359 e. The molecule has 1 spiro atoms.